The molecule has 2 unspecified atom stereocenters. The fourth-order valence-corrected chi connectivity index (χ4v) is 11.6. The Morgan fingerprint density at radius 2 is 0.535 bits per heavy atom. The van der Waals surface area contributed by atoms with Gasteiger partial charge in [0, 0.05) is 25.7 Å². The van der Waals surface area contributed by atoms with E-state index in [9.17, 15) is 43.2 Å². The van der Waals surface area contributed by atoms with E-state index in [4.69, 9.17) is 37.0 Å². The maximum absolute atomic E-state index is 13.0. The van der Waals surface area contributed by atoms with Crippen LogP contribution in [-0.2, 0) is 65.4 Å². The van der Waals surface area contributed by atoms with Gasteiger partial charge in [-0.3, -0.25) is 37.3 Å². The van der Waals surface area contributed by atoms with Crippen LogP contribution in [0.15, 0.2) is 0 Å². The van der Waals surface area contributed by atoms with Crippen molar-refractivity contribution in [2.75, 3.05) is 39.6 Å². The van der Waals surface area contributed by atoms with Crippen molar-refractivity contribution in [3.63, 3.8) is 0 Å². The Morgan fingerprint density at radius 1 is 0.314 bits per heavy atom. The highest BCUT2D eigenvalue weighted by atomic mass is 31.2. The zero-order valence-electron chi connectivity index (χ0n) is 55.6. The molecular weight excluding hydrogens is 1140 g/mol. The van der Waals surface area contributed by atoms with Gasteiger partial charge in [0.25, 0.3) is 0 Å². The number of hydrogen-bond acceptors (Lipinski definition) is 15. The van der Waals surface area contributed by atoms with E-state index in [1.165, 1.54) is 141 Å². The number of ether oxygens (including phenoxy) is 4. The smallest absolute Gasteiger partial charge is 0.462 e. The summed E-state index contributed by atoms with van der Waals surface area (Å²) in [6.45, 7) is 9.38. The summed E-state index contributed by atoms with van der Waals surface area (Å²) < 4.78 is 68.0. The molecular formula is C67H130O17P2. The monoisotopic (exact) mass is 1270 g/mol. The molecule has 0 aromatic rings. The van der Waals surface area contributed by atoms with Crippen molar-refractivity contribution < 1.29 is 80.2 Å². The summed E-state index contributed by atoms with van der Waals surface area (Å²) in [5.41, 5.74) is 0. The largest absolute Gasteiger partial charge is 0.472 e. The summed E-state index contributed by atoms with van der Waals surface area (Å²) in [5.74, 6) is -0.734. The van der Waals surface area contributed by atoms with Crippen LogP contribution in [0.3, 0.4) is 0 Å². The van der Waals surface area contributed by atoms with Crippen molar-refractivity contribution in [2.45, 2.75) is 355 Å². The molecule has 0 saturated heterocycles. The maximum atomic E-state index is 13.0. The molecule has 0 aliphatic heterocycles. The summed E-state index contributed by atoms with van der Waals surface area (Å²) in [6, 6.07) is 0. The zero-order valence-corrected chi connectivity index (χ0v) is 57.4. The van der Waals surface area contributed by atoms with Gasteiger partial charge in [-0.1, -0.05) is 286 Å². The van der Waals surface area contributed by atoms with Gasteiger partial charge in [0.1, 0.15) is 19.3 Å². The second kappa shape index (κ2) is 59.4. The Morgan fingerprint density at radius 3 is 0.791 bits per heavy atom. The molecule has 0 rings (SSSR count). The Balaban J connectivity index is 5.18. The Kier molecular flexibility index (Phi) is 58.0. The Hall–Kier alpha value is -1.94. The van der Waals surface area contributed by atoms with Crippen LogP contribution in [0.25, 0.3) is 0 Å². The number of phosphoric acid groups is 2. The predicted molar refractivity (Wildman–Crippen MR) is 345 cm³/mol. The maximum Gasteiger partial charge on any atom is 0.472 e. The van der Waals surface area contributed by atoms with Gasteiger partial charge in [-0.2, -0.15) is 0 Å². The van der Waals surface area contributed by atoms with Crippen molar-refractivity contribution in [3.05, 3.63) is 0 Å². The molecule has 0 spiro atoms. The highest BCUT2D eigenvalue weighted by molar-refractivity contribution is 7.47. The number of hydrogen-bond donors (Lipinski definition) is 3. The quantitative estimate of drug-likeness (QED) is 0.0222. The second-order valence-electron chi connectivity index (χ2n) is 25.2. The van der Waals surface area contributed by atoms with E-state index in [1.54, 1.807) is 0 Å². The number of esters is 4. The minimum atomic E-state index is -4.95. The van der Waals surface area contributed by atoms with Crippen LogP contribution in [-0.4, -0.2) is 96.7 Å². The minimum absolute atomic E-state index is 0.103. The molecule has 19 heteroatoms. The molecule has 0 fully saturated rings. The average molecular weight is 1270 g/mol. The molecule has 17 nitrogen and oxygen atoms in total. The van der Waals surface area contributed by atoms with E-state index in [0.29, 0.717) is 37.5 Å². The number of carbonyl (C=O) groups excluding carboxylic acids is 4. The normalized spacial score (nSPS) is 14.2. The van der Waals surface area contributed by atoms with Crippen molar-refractivity contribution in [1.29, 1.82) is 0 Å². The molecule has 0 saturated carbocycles. The molecule has 0 heterocycles. The van der Waals surface area contributed by atoms with Crippen LogP contribution in [0, 0.1) is 11.8 Å². The van der Waals surface area contributed by atoms with Crippen molar-refractivity contribution >= 4 is 39.5 Å². The van der Waals surface area contributed by atoms with E-state index in [0.717, 1.165) is 103 Å². The number of phosphoric ester groups is 2. The first kappa shape index (κ1) is 84.1. The van der Waals surface area contributed by atoms with Crippen LogP contribution >= 0.6 is 15.6 Å². The van der Waals surface area contributed by atoms with Crippen molar-refractivity contribution in [2.24, 2.45) is 11.8 Å². The fraction of sp³-hybridized carbons (Fsp3) is 0.940. The first-order valence-electron chi connectivity index (χ1n) is 35.0. The van der Waals surface area contributed by atoms with Gasteiger partial charge < -0.3 is 33.8 Å². The number of carbonyl (C=O) groups is 4. The SMILES string of the molecule is CCCCCCCCCCCCCCCCCCCCC(=O)O[C@H](COC(=O)CCCCCCCCCC(C)C)COP(=O)(O)OC[C@@H](O)COP(=O)(O)OC[C@@H](COC(=O)CCCCCCCCCC)OC(=O)CCCCCCCCCC(C)C. The van der Waals surface area contributed by atoms with Gasteiger partial charge in [-0.15, -0.1) is 0 Å². The zero-order chi connectivity index (χ0) is 63.6. The summed E-state index contributed by atoms with van der Waals surface area (Å²) in [7, 11) is -9.89. The van der Waals surface area contributed by atoms with Gasteiger partial charge >= 0.3 is 39.5 Å². The molecule has 510 valence electrons. The molecule has 5 atom stereocenters. The predicted octanol–water partition coefficient (Wildman–Crippen LogP) is 18.8. The molecule has 0 aromatic heterocycles. The number of aliphatic hydroxyl groups is 1. The van der Waals surface area contributed by atoms with Crippen LogP contribution in [0.4, 0.5) is 0 Å². The Bertz CT molecular complexity index is 1680. The lowest BCUT2D eigenvalue weighted by Gasteiger charge is -2.21. The third-order valence-corrected chi connectivity index (χ3v) is 17.4. The first-order valence-corrected chi connectivity index (χ1v) is 38.0. The van der Waals surface area contributed by atoms with Crippen LogP contribution in [0.1, 0.15) is 337 Å². The lowest BCUT2D eigenvalue weighted by molar-refractivity contribution is -0.161. The molecule has 0 radical (unpaired) electrons. The highest BCUT2D eigenvalue weighted by Crippen LogP contribution is 2.45. The van der Waals surface area contributed by atoms with Gasteiger partial charge in [0.05, 0.1) is 26.4 Å². The molecule has 0 amide bonds. The standard InChI is InChI=1S/C67H130O17P2/c1-7-9-11-13-15-17-18-19-20-21-22-23-24-25-26-32-39-45-51-66(71)83-62(56-78-65(70)50-44-38-33-27-29-35-41-47-59(3)4)57-81-85(73,74)79-53-61(68)54-80-86(75,76)82-58-63(55-77-64(69)49-43-37-31-16-14-12-10-8-2)84-67(72)52-46-40-34-28-30-36-42-48-60(5)6/h59-63,68H,7-58H2,1-6H3,(H,73,74)(H,75,76)/t61-,62-,63-/m1/s1. The van der Waals surface area contributed by atoms with Gasteiger partial charge in [-0.05, 0) is 37.5 Å². The van der Waals surface area contributed by atoms with E-state index in [-0.39, 0.29) is 25.7 Å². The summed E-state index contributed by atoms with van der Waals surface area (Å²) >= 11 is 0. The lowest BCUT2D eigenvalue weighted by Crippen LogP contribution is -2.30. The average Bonchev–Trinajstić information content (AvgIpc) is 3.67. The van der Waals surface area contributed by atoms with E-state index >= 15 is 0 Å². The van der Waals surface area contributed by atoms with Crippen LogP contribution in [0.2, 0.25) is 0 Å². The van der Waals surface area contributed by atoms with E-state index in [2.05, 4.69) is 41.5 Å². The van der Waals surface area contributed by atoms with Crippen LogP contribution in [0.5, 0.6) is 0 Å². The van der Waals surface area contributed by atoms with Crippen molar-refractivity contribution in [1.82, 2.24) is 0 Å². The third-order valence-electron chi connectivity index (χ3n) is 15.5. The van der Waals surface area contributed by atoms with Gasteiger partial charge in [0.2, 0.25) is 0 Å². The molecule has 86 heavy (non-hydrogen) atoms. The topological polar surface area (TPSA) is 237 Å². The molecule has 0 aromatic carbocycles. The van der Waals surface area contributed by atoms with Crippen LogP contribution < -0.4 is 0 Å². The number of aliphatic hydroxyl groups excluding tert-OH is 1. The molecule has 3 N–H and O–H groups in total. The second-order valence-corrected chi connectivity index (χ2v) is 28.1. The number of rotatable bonds is 66. The first-order chi connectivity index (χ1) is 41.4. The van der Waals surface area contributed by atoms with E-state index < -0.39 is 97.5 Å². The van der Waals surface area contributed by atoms with Crippen molar-refractivity contribution in [3.8, 4) is 0 Å². The summed E-state index contributed by atoms with van der Waals surface area (Å²) in [5, 5.41) is 10.5. The molecule has 0 bridgehead atoms. The highest BCUT2D eigenvalue weighted by Gasteiger charge is 2.30. The van der Waals surface area contributed by atoms with Gasteiger partial charge in [0.15, 0.2) is 12.2 Å². The number of unbranched alkanes of at least 4 members (excludes halogenated alkanes) is 36. The minimum Gasteiger partial charge on any atom is -0.462 e. The third kappa shape index (κ3) is 60.9. The Labute approximate surface area is 524 Å². The molecule has 0 aliphatic carbocycles. The van der Waals surface area contributed by atoms with E-state index in [1.807, 2.05) is 0 Å². The van der Waals surface area contributed by atoms with Gasteiger partial charge in [-0.25, -0.2) is 9.13 Å². The fourth-order valence-electron chi connectivity index (χ4n) is 10.1. The summed E-state index contributed by atoms with van der Waals surface area (Å²) in [6.07, 6.45) is 43.4. The molecule has 0 aliphatic rings. The summed E-state index contributed by atoms with van der Waals surface area (Å²) in [4.78, 5) is 72.2. The lowest BCUT2D eigenvalue weighted by atomic mass is 10.0.